The lowest BCUT2D eigenvalue weighted by Crippen LogP contribution is -2.27. The zero-order chi connectivity index (χ0) is 20.7. The van der Waals surface area contributed by atoms with Gasteiger partial charge in [0.2, 0.25) is 0 Å². The van der Waals surface area contributed by atoms with Crippen molar-refractivity contribution >= 4 is 22.3 Å². The van der Waals surface area contributed by atoms with E-state index < -0.39 is 11.4 Å². The van der Waals surface area contributed by atoms with Gasteiger partial charge in [0.25, 0.3) is 5.56 Å². The SMILES string of the molecule is O=c1[nH]c2ccc(F)cc2cc1-c1cn(-c2ccc([S+]([O-])N3CCCC3)cc2)nn1. The monoisotopic (exact) mass is 423 g/mol. The fourth-order valence-corrected chi connectivity index (χ4v) is 4.86. The van der Waals surface area contributed by atoms with Crippen LogP contribution in [0.2, 0.25) is 0 Å². The molecule has 1 saturated heterocycles. The van der Waals surface area contributed by atoms with Gasteiger partial charge in [0, 0.05) is 24.0 Å². The molecule has 1 aliphatic heterocycles. The number of benzene rings is 2. The predicted octanol–water partition coefficient (Wildman–Crippen LogP) is 3.03. The van der Waals surface area contributed by atoms with Gasteiger partial charge in [-0.15, -0.1) is 9.40 Å². The number of hydrogen-bond acceptors (Lipinski definition) is 5. The highest BCUT2D eigenvalue weighted by Gasteiger charge is 2.25. The summed E-state index contributed by atoms with van der Waals surface area (Å²) in [6, 6.07) is 13.1. The van der Waals surface area contributed by atoms with Crippen LogP contribution in [0.1, 0.15) is 12.8 Å². The van der Waals surface area contributed by atoms with Crippen LogP contribution in [0.15, 0.2) is 64.4 Å². The Morgan fingerprint density at radius 2 is 1.83 bits per heavy atom. The Labute approximate surface area is 174 Å². The van der Waals surface area contributed by atoms with Gasteiger partial charge in [-0.2, -0.15) is 0 Å². The number of nitrogens with one attached hydrogen (secondary N) is 1. The number of aromatic nitrogens is 4. The molecule has 9 heteroatoms. The molecule has 1 N–H and O–H groups in total. The Hall–Kier alpha value is -3.01. The van der Waals surface area contributed by atoms with E-state index in [0.29, 0.717) is 22.2 Å². The number of hydrogen-bond donors (Lipinski definition) is 1. The molecule has 5 rings (SSSR count). The van der Waals surface area contributed by atoms with Gasteiger partial charge in [-0.05, 0) is 61.4 Å². The van der Waals surface area contributed by atoms with Crippen molar-refractivity contribution < 1.29 is 8.94 Å². The van der Waals surface area contributed by atoms with Crippen LogP contribution in [-0.4, -0.2) is 41.9 Å². The molecule has 0 aliphatic carbocycles. The molecule has 1 unspecified atom stereocenters. The maximum Gasteiger partial charge on any atom is 0.258 e. The Balaban J connectivity index is 1.43. The number of fused-ring (bicyclic) bond motifs is 1. The normalized spacial score (nSPS) is 15.7. The zero-order valence-electron chi connectivity index (χ0n) is 15.9. The van der Waals surface area contributed by atoms with Gasteiger partial charge < -0.3 is 9.54 Å². The molecule has 152 valence electrons. The summed E-state index contributed by atoms with van der Waals surface area (Å²) in [6.07, 6.45) is 3.79. The highest BCUT2D eigenvalue weighted by atomic mass is 32.2. The van der Waals surface area contributed by atoms with Gasteiger partial charge in [0.15, 0.2) is 4.90 Å². The van der Waals surface area contributed by atoms with E-state index in [4.69, 9.17) is 0 Å². The first-order valence-electron chi connectivity index (χ1n) is 9.61. The van der Waals surface area contributed by atoms with Gasteiger partial charge in [-0.25, -0.2) is 9.07 Å². The van der Waals surface area contributed by atoms with Crippen molar-refractivity contribution in [2.75, 3.05) is 13.1 Å². The van der Waals surface area contributed by atoms with Gasteiger partial charge >= 0.3 is 0 Å². The molecule has 1 aliphatic rings. The summed E-state index contributed by atoms with van der Waals surface area (Å²) >= 11 is -1.15. The topological polar surface area (TPSA) is 89.9 Å². The van der Waals surface area contributed by atoms with E-state index in [1.165, 1.54) is 18.2 Å². The Morgan fingerprint density at radius 1 is 1.07 bits per heavy atom. The molecule has 1 fully saturated rings. The molecule has 2 aromatic carbocycles. The van der Waals surface area contributed by atoms with Crippen LogP contribution in [0.4, 0.5) is 4.39 Å². The molecule has 1 atom stereocenters. The van der Waals surface area contributed by atoms with Crippen LogP contribution in [0.25, 0.3) is 27.8 Å². The second-order valence-corrected chi connectivity index (χ2v) is 8.66. The smallest absolute Gasteiger partial charge is 0.258 e. The number of nitrogens with zero attached hydrogens (tertiary/aromatic N) is 4. The average molecular weight is 423 g/mol. The first kappa shape index (κ1) is 19.0. The first-order valence-corrected chi connectivity index (χ1v) is 10.7. The largest absolute Gasteiger partial charge is 0.593 e. The molecule has 0 saturated carbocycles. The second-order valence-electron chi connectivity index (χ2n) is 7.17. The third-order valence-electron chi connectivity index (χ3n) is 5.18. The fourth-order valence-electron chi connectivity index (χ4n) is 3.60. The van der Waals surface area contributed by atoms with Crippen molar-refractivity contribution in [1.29, 1.82) is 0 Å². The third-order valence-corrected chi connectivity index (χ3v) is 6.69. The maximum absolute atomic E-state index is 13.5. The van der Waals surface area contributed by atoms with Crippen LogP contribution in [-0.2, 0) is 11.4 Å². The van der Waals surface area contributed by atoms with Crippen molar-refractivity contribution in [3.8, 4) is 16.9 Å². The van der Waals surface area contributed by atoms with E-state index in [9.17, 15) is 13.7 Å². The second kappa shape index (κ2) is 7.67. The number of H-pyrrole nitrogens is 1. The summed E-state index contributed by atoms with van der Waals surface area (Å²) in [7, 11) is 0. The predicted molar refractivity (Wildman–Crippen MR) is 112 cm³/mol. The summed E-state index contributed by atoms with van der Waals surface area (Å²) in [5, 5.41) is 8.79. The average Bonchev–Trinajstić information content (AvgIpc) is 3.46. The maximum atomic E-state index is 13.5. The van der Waals surface area contributed by atoms with Gasteiger partial charge in [-0.1, -0.05) is 5.21 Å². The summed E-state index contributed by atoms with van der Waals surface area (Å²) in [5.41, 5.74) is 1.66. The van der Waals surface area contributed by atoms with E-state index in [1.807, 2.05) is 28.6 Å². The molecule has 2 aromatic heterocycles. The lowest BCUT2D eigenvalue weighted by Gasteiger charge is -2.18. The van der Waals surface area contributed by atoms with E-state index in [2.05, 4.69) is 15.3 Å². The minimum absolute atomic E-state index is 0.311. The molecular weight excluding hydrogens is 405 g/mol. The molecule has 0 bridgehead atoms. The minimum Gasteiger partial charge on any atom is -0.593 e. The van der Waals surface area contributed by atoms with Gasteiger partial charge in [-0.3, -0.25) is 4.79 Å². The molecule has 0 amide bonds. The Morgan fingerprint density at radius 3 is 2.60 bits per heavy atom. The van der Waals surface area contributed by atoms with Crippen LogP contribution in [0.5, 0.6) is 0 Å². The highest BCUT2D eigenvalue weighted by molar-refractivity contribution is 7.89. The van der Waals surface area contributed by atoms with E-state index in [1.54, 1.807) is 16.9 Å². The summed E-state index contributed by atoms with van der Waals surface area (Å²) < 4.78 is 29.6. The van der Waals surface area contributed by atoms with Crippen LogP contribution < -0.4 is 5.56 Å². The van der Waals surface area contributed by atoms with E-state index >= 15 is 0 Å². The first-order chi connectivity index (χ1) is 14.6. The number of pyridine rings is 1. The summed E-state index contributed by atoms with van der Waals surface area (Å²) in [5.74, 6) is -0.379. The van der Waals surface area contributed by atoms with Gasteiger partial charge in [0.1, 0.15) is 11.5 Å². The van der Waals surface area contributed by atoms with E-state index in [-0.39, 0.29) is 11.4 Å². The summed E-state index contributed by atoms with van der Waals surface area (Å²) in [6.45, 7) is 1.70. The van der Waals surface area contributed by atoms with Crippen molar-refractivity contribution in [1.82, 2.24) is 24.3 Å². The standard InChI is InChI=1S/C21H18FN5O2S/c22-15-3-8-19-14(11-15)12-18(21(28)23-19)20-13-27(25-24-20)16-4-6-17(7-5-16)30(29)26-9-1-2-10-26/h3-8,11-13H,1-2,9-10H2,(H,23,28). The van der Waals surface area contributed by atoms with Crippen molar-refractivity contribution in [3.63, 3.8) is 0 Å². The van der Waals surface area contributed by atoms with Crippen LogP contribution in [0, 0.1) is 5.82 Å². The minimum atomic E-state index is -1.15. The number of aromatic amines is 1. The van der Waals surface area contributed by atoms with E-state index in [0.717, 1.165) is 36.5 Å². The lowest BCUT2D eigenvalue weighted by molar-refractivity contribution is 0.477. The third kappa shape index (κ3) is 3.51. The molecular formula is C21H18FN5O2S. The fraction of sp³-hybridized carbons (Fsp3) is 0.190. The summed E-state index contributed by atoms with van der Waals surface area (Å²) in [4.78, 5) is 15.9. The van der Waals surface area contributed by atoms with Crippen molar-refractivity contribution in [2.45, 2.75) is 17.7 Å². The molecule has 7 nitrogen and oxygen atoms in total. The molecule has 30 heavy (non-hydrogen) atoms. The zero-order valence-corrected chi connectivity index (χ0v) is 16.7. The highest BCUT2D eigenvalue weighted by Crippen LogP contribution is 2.23. The van der Waals surface area contributed by atoms with Crippen molar-refractivity contribution in [2.24, 2.45) is 0 Å². The number of halogens is 1. The molecule has 3 heterocycles. The lowest BCUT2D eigenvalue weighted by atomic mass is 10.1. The number of rotatable bonds is 4. The van der Waals surface area contributed by atoms with Crippen LogP contribution in [0.3, 0.4) is 0 Å². The van der Waals surface area contributed by atoms with Gasteiger partial charge in [0.05, 0.1) is 28.8 Å². The molecule has 4 aromatic rings. The van der Waals surface area contributed by atoms with Crippen molar-refractivity contribution in [3.05, 3.63) is 70.9 Å². The molecule has 0 radical (unpaired) electrons. The Bertz CT molecular complexity index is 1260. The Kier molecular flexibility index (Phi) is 4.86. The van der Waals surface area contributed by atoms with Crippen LogP contribution >= 0.6 is 0 Å². The molecule has 0 spiro atoms. The quantitative estimate of drug-likeness (QED) is 0.510.